The molecule has 0 aromatic heterocycles. The molecule has 0 N–H and O–H groups in total. The van der Waals surface area contributed by atoms with Crippen molar-refractivity contribution < 1.29 is 0 Å². The summed E-state index contributed by atoms with van der Waals surface area (Å²) in [6.45, 7) is 4.91. The van der Waals surface area contributed by atoms with Gasteiger partial charge in [-0.05, 0) is 68.1 Å². The largest absolute Gasteiger partial charge is 0.0775 e. The summed E-state index contributed by atoms with van der Waals surface area (Å²) in [4.78, 5) is 0. The maximum absolute atomic E-state index is 2.56. The number of allylic oxidation sites excluding steroid dienone is 2. The van der Waals surface area contributed by atoms with Crippen LogP contribution >= 0.6 is 0 Å². The third-order valence-electron chi connectivity index (χ3n) is 6.52. The van der Waals surface area contributed by atoms with Crippen molar-refractivity contribution >= 4 is 0 Å². The lowest BCUT2D eigenvalue weighted by Gasteiger charge is -2.33. The molecule has 2 saturated carbocycles. The fraction of sp³-hybridized carbons (Fsp3) is 0.895. The highest BCUT2D eigenvalue weighted by Crippen LogP contribution is 2.47. The van der Waals surface area contributed by atoms with E-state index in [4.69, 9.17) is 0 Å². The van der Waals surface area contributed by atoms with Gasteiger partial charge in [-0.1, -0.05) is 51.2 Å². The molecule has 2 fully saturated rings. The van der Waals surface area contributed by atoms with E-state index < -0.39 is 0 Å². The minimum atomic E-state index is 0.957. The topological polar surface area (TPSA) is 0 Å². The van der Waals surface area contributed by atoms with Gasteiger partial charge >= 0.3 is 0 Å². The van der Waals surface area contributed by atoms with Gasteiger partial charge in [0.25, 0.3) is 0 Å². The van der Waals surface area contributed by atoms with E-state index in [0.29, 0.717) is 0 Å². The Kier molecular flexibility index (Phi) is 4.34. The number of rotatable bonds is 2. The third-order valence-corrected chi connectivity index (χ3v) is 6.52. The second-order valence-electron chi connectivity index (χ2n) is 7.65. The van der Waals surface area contributed by atoms with Crippen LogP contribution in [0.3, 0.4) is 0 Å². The van der Waals surface area contributed by atoms with E-state index in [1.165, 1.54) is 64.2 Å². The minimum absolute atomic E-state index is 0.957. The van der Waals surface area contributed by atoms with Crippen molar-refractivity contribution in [3.8, 4) is 0 Å². The molecule has 0 amide bonds. The first-order valence-electron chi connectivity index (χ1n) is 8.98. The van der Waals surface area contributed by atoms with Crippen LogP contribution in [0.4, 0.5) is 0 Å². The average Bonchev–Trinajstić information content (AvgIpc) is 3.11. The van der Waals surface area contributed by atoms with E-state index in [1.54, 1.807) is 0 Å². The van der Waals surface area contributed by atoms with Gasteiger partial charge in [-0.2, -0.15) is 0 Å². The quantitative estimate of drug-likeness (QED) is 0.536. The van der Waals surface area contributed by atoms with E-state index in [2.05, 4.69) is 19.9 Å². The van der Waals surface area contributed by atoms with Crippen LogP contribution in [0, 0.1) is 29.6 Å². The normalized spacial score (nSPS) is 43.5. The Morgan fingerprint density at radius 1 is 1.00 bits per heavy atom. The van der Waals surface area contributed by atoms with Crippen molar-refractivity contribution in [3.63, 3.8) is 0 Å². The molecule has 0 aliphatic heterocycles. The molecule has 5 atom stereocenters. The van der Waals surface area contributed by atoms with Crippen LogP contribution in [0.1, 0.15) is 78.1 Å². The fourth-order valence-electron chi connectivity index (χ4n) is 5.01. The van der Waals surface area contributed by atoms with Gasteiger partial charge in [-0.3, -0.25) is 0 Å². The number of hydrogen-bond donors (Lipinski definition) is 0. The highest BCUT2D eigenvalue weighted by atomic mass is 14.4. The summed E-state index contributed by atoms with van der Waals surface area (Å²) in [5, 5.41) is 0. The van der Waals surface area contributed by atoms with E-state index in [1.807, 2.05) is 5.57 Å². The van der Waals surface area contributed by atoms with E-state index in [9.17, 15) is 0 Å². The minimum Gasteiger partial charge on any atom is -0.0775 e. The molecule has 3 aliphatic rings. The molecule has 5 unspecified atom stereocenters. The molecule has 3 rings (SSSR count). The molecule has 0 nitrogen and oxygen atoms in total. The van der Waals surface area contributed by atoms with E-state index in [0.717, 1.165) is 29.6 Å². The summed E-state index contributed by atoms with van der Waals surface area (Å²) in [7, 11) is 0. The zero-order valence-corrected chi connectivity index (χ0v) is 13.0. The molecule has 0 saturated heterocycles. The van der Waals surface area contributed by atoms with Crippen LogP contribution in [-0.2, 0) is 0 Å². The smallest absolute Gasteiger partial charge is 0.00174 e. The lowest BCUT2D eigenvalue weighted by Crippen LogP contribution is -2.22. The van der Waals surface area contributed by atoms with Gasteiger partial charge in [0.1, 0.15) is 0 Å². The first-order chi connectivity index (χ1) is 9.28. The zero-order valence-electron chi connectivity index (χ0n) is 13.0. The second kappa shape index (κ2) is 6.02. The van der Waals surface area contributed by atoms with Crippen LogP contribution < -0.4 is 0 Å². The molecule has 108 valence electrons. The Morgan fingerprint density at radius 3 is 2.68 bits per heavy atom. The molecule has 0 heteroatoms. The van der Waals surface area contributed by atoms with Crippen LogP contribution in [-0.4, -0.2) is 0 Å². The summed E-state index contributed by atoms with van der Waals surface area (Å²) in [5.74, 6) is 5.08. The van der Waals surface area contributed by atoms with E-state index in [-0.39, 0.29) is 0 Å². The summed E-state index contributed by atoms with van der Waals surface area (Å²) in [5.41, 5.74) is 1.81. The van der Waals surface area contributed by atoms with Gasteiger partial charge < -0.3 is 0 Å². The van der Waals surface area contributed by atoms with Crippen LogP contribution in [0.2, 0.25) is 0 Å². The van der Waals surface area contributed by atoms with Gasteiger partial charge in [0.05, 0.1) is 0 Å². The molecule has 3 aliphatic carbocycles. The molecule has 0 spiro atoms. The second-order valence-corrected chi connectivity index (χ2v) is 7.65. The molecule has 0 bridgehead atoms. The number of hydrogen-bond acceptors (Lipinski definition) is 0. The van der Waals surface area contributed by atoms with Gasteiger partial charge in [0, 0.05) is 0 Å². The van der Waals surface area contributed by atoms with Crippen LogP contribution in [0.5, 0.6) is 0 Å². The lowest BCUT2D eigenvalue weighted by atomic mass is 9.73. The molecule has 0 aromatic carbocycles. The van der Waals surface area contributed by atoms with Crippen LogP contribution in [0.25, 0.3) is 0 Å². The molecular formula is C19H32. The van der Waals surface area contributed by atoms with Gasteiger partial charge in [-0.15, -0.1) is 0 Å². The summed E-state index contributed by atoms with van der Waals surface area (Å²) in [6.07, 6.45) is 17.5. The molecule has 0 aromatic rings. The standard InChI is InChI=1S/C19H32/c1-3-15-10-11-16(7-4-6-14(15)2)17-8-5-9-18-13-19(18)12-17/h13-17,19H,3-12H2,1-2H3. The van der Waals surface area contributed by atoms with Crippen molar-refractivity contribution in [3.05, 3.63) is 11.6 Å². The van der Waals surface area contributed by atoms with E-state index >= 15 is 0 Å². The van der Waals surface area contributed by atoms with Crippen molar-refractivity contribution in [1.82, 2.24) is 0 Å². The maximum Gasteiger partial charge on any atom is -0.00174 e. The Hall–Kier alpha value is -0.260. The van der Waals surface area contributed by atoms with Crippen molar-refractivity contribution in [2.24, 2.45) is 29.6 Å². The summed E-state index contributed by atoms with van der Waals surface area (Å²) in [6, 6.07) is 0. The fourth-order valence-corrected chi connectivity index (χ4v) is 5.01. The lowest BCUT2D eigenvalue weighted by molar-refractivity contribution is 0.183. The van der Waals surface area contributed by atoms with Gasteiger partial charge in [0.15, 0.2) is 0 Å². The SMILES string of the molecule is CCC1CCC(C2CCCC3=CC3C2)CCCC1C. The Bertz CT molecular complexity index is 327. The van der Waals surface area contributed by atoms with Gasteiger partial charge in [0.2, 0.25) is 0 Å². The average molecular weight is 260 g/mol. The number of fused-ring (bicyclic) bond motifs is 1. The van der Waals surface area contributed by atoms with Crippen molar-refractivity contribution in [2.45, 2.75) is 78.1 Å². The highest BCUT2D eigenvalue weighted by molar-refractivity contribution is 5.29. The summed E-state index contributed by atoms with van der Waals surface area (Å²) >= 11 is 0. The maximum atomic E-state index is 2.56. The van der Waals surface area contributed by atoms with Crippen molar-refractivity contribution in [2.75, 3.05) is 0 Å². The summed E-state index contributed by atoms with van der Waals surface area (Å²) < 4.78 is 0. The first-order valence-corrected chi connectivity index (χ1v) is 8.98. The Morgan fingerprint density at radius 2 is 1.84 bits per heavy atom. The Balaban J connectivity index is 1.57. The molecule has 0 radical (unpaired) electrons. The monoisotopic (exact) mass is 260 g/mol. The first kappa shape index (κ1) is 13.7. The predicted octanol–water partition coefficient (Wildman–Crippen LogP) is 5.98. The zero-order chi connectivity index (χ0) is 13.2. The molecular weight excluding hydrogens is 228 g/mol. The van der Waals surface area contributed by atoms with Gasteiger partial charge in [-0.25, -0.2) is 0 Å². The third kappa shape index (κ3) is 3.26. The van der Waals surface area contributed by atoms with Crippen molar-refractivity contribution in [1.29, 1.82) is 0 Å². The van der Waals surface area contributed by atoms with Crippen LogP contribution in [0.15, 0.2) is 11.6 Å². The molecule has 0 heterocycles. The molecule has 19 heavy (non-hydrogen) atoms. The predicted molar refractivity (Wildman–Crippen MR) is 83.1 cm³/mol. The highest BCUT2D eigenvalue weighted by Gasteiger charge is 2.34. The Labute approximate surface area is 120 Å².